The lowest BCUT2D eigenvalue weighted by Crippen LogP contribution is -2.49. The molecule has 126 valence electrons. The first kappa shape index (κ1) is 16.6. The maximum absolute atomic E-state index is 12.5. The van der Waals surface area contributed by atoms with Gasteiger partial charge in [-0.05, 0) is 36.4 Å². The molecule has 2 heterocycles. The van der Waals surface area contributed by atoms with E-state index in [4.69, 9.17) is 4.42 Å². The molecule has 5 heteroatoms. The van der Waals surface area contributed by atoms with Gasteiger partial charge >= 0.3 is 0 Å². The van der Waals surface area contributed by atoms with Crippen molar-refractivity contribution in [3.8, 4) is 6.07 Å². The number of hydrogen-bond donors (Lipinski definition) is 0. The standard InChI is InChI=1S/C20H19N3O2/c21-16-17(6-4-9-19-10-5-15-25-19)20(24)23-13-11-22(12-14-23)18-7-2-1-3-8-18/h1-10,15H,11-14H2/b9-4+,17-6-. The van der Waals surface area contributed by atoms with E-state index in [1.807, 2.05) is 24.3 Å². The zero-order valence-corrected chi connectivity index (χ0v) is 13.8. The predicted molar refractivity (Wildman–Crippen MR) is 96.7 cm³/mol. The highest BCUT2D eigenvalue weighted by Crippen LogP contribution is 2.16. The van der Waals surface area contributed by atoms with Crippen LogP contribution in [0.5, 0.6) is 0 Å². The second kappa shape index (κ2) is 8.02. The molecule has 0 unspecified atom stereocenters. The Morgan fingerprint density at radius 3 is 2.48 bits per heavy atom. The summed E-state index contributed by atoms with van der Waals surface area (Å²) in [5, 5.41) is 9.28. The number of furan rings is 1. The number of allylic oxidation sites excluding steroid dienone is 2. The Labute approximate surface area is 147 Å². The summed E-state index contributed by atoms with van der Waals surface area (Å²) >= 11 is 0. The van der Waals surface area contributed by atoms with Crippen LogP contribution in [0.25, 0.3) is 6.08 Å². The van der Waals surface area contributed by atoms with E-state index in [9.17, 15) is 10.1 Å². The van der Waals surface area contributed by atoms with Crippen LogP contribution in [0, 0.1) is 11.3 Å². The Kier molecular flexibility index (Phi) is 5.32. The highest BCUT2D eigenvalue weighted by molar-refractivity contribution is 5.97. The molecule has 1 aromatic carbocycles. The van der Waals surface area contributed by atoms with Gasteiger partial charge in [-0.1, -0.05) is 24.3 Å². The number of piperazine rings is 1. The van der Waals surface area contributed by atoms with Crippen molar-refractivity contribution in [2.24, 2.45) is 0 Å². The smallest absolute Gasteiger partial charge is 0.264 e. The zero-order chi connectivity index (χ0) is 17.5. The summed E-state index contributed by atoms with van der Waals surface area (Å²) in [4.78, 5) is 16.5. The average molecular weight is 333 g/mol. The molecule has 1 aliphatic heterocycles. The normalized spacial score (nSPS) is 15.4. The lowest BCUT2D eigenvalue weighted by Gasteiger charge is -2.36. The highest BCUT2D eigenvalue weighted by Gasteiger charge is 2.23. The fourth-order valence-corrected chi connectivity index (χ4v) is 2.76. The number of hydrogen-bond acceptors (Lipinski definition) is 4. The summed E-state index contributed by atoms with van der Waals surface area (Å²) < 4.78 is 5.18. The molecule has 0 saturated carbocycles. The number of rotatable bonds is 4. The van der Waals surface area contributed by atoms with Crippen LogP contribution in [0.4, 0.5) is 5.69 Å². The van der Waals surface area contributed by atoms with Crippen LogP contribution in [-0.4, -0.2) is 37.0 Å². The molecule has 3 rings (SSSR count). The number of anilines is 1. The SMILES string of the molecule is N#C/C(=C/C=C/c1ccco1)C(=O)N1CCN(c2ccccc2)CC1. The molecule has 1 aliphatic rings. The zero-order valence-electron chi connectivity index (χ0n) is 13.8. The van der Waals surface area contributed by atoms with Crippen molar-refractivity contribution >= 4 is 17.7 Å². The Bertz CT molecular complexity index is 793. The number of para-hydroxylation sites is 1. The molecule has 25 heavy (non-hydrogen) atoms. The lowest BCUT2D eigenvalue weighted by molar-refractivity contribution is -0.127. The number of benzene rings is 1. The molecule has 0 bridgehead atoms. The monoisotopic (exact) mass is 333 g/mol. The fourth-order valence-electron chi connectivity index (χ4n) is 2.76. The van der Waals surface area contributed by atoms with Gasteiger partial charge < -0.3 is 14.2 Å². The second-order valence-corrected chi connectivity index (χ2v) is 5.68. The molecule has 0 aliphatic carbocycles. The van der Waals surface area contributed by atoms with Crippen LogP contribution < -0.4 is 4.90 Å². The molecule has 1 fully saturated rings. The molecule has 1 saturated heterocycles. The first-order chi connectivity index (χ1) is 12.3. The van der Waals surface area contributed by atoms with E-state index in [2.05, 4.69) is 17.0 Å². The average Bonchev–Trinajstić information content (AvgIpc) is 3.19. The third kappa shape index (κ3) is 4.18. The quantitative estimate of drug-likeness (QED) is 0.490. The van der Waals surface area contributed by atoms with Crippen LogP contribution in [0.1, 0.15) is 5.76 Å². The molecule has 2 aromatic rings. The maximum Gasteiger partial charge on any atom is 0.264 e. The van der Waals surface area contributed by atoms with Gasteiger partial charge in [0.2, 0.25) is 0 Å². The third-order valence-electron chi connectivity index (χ3n) is 4.11. The van der Waals surface area contributed by atoms with Crippen molar-refractivity contribution in [1.82, 2.24) is 4.90 Å². The summed E-state index contributed by atoms with van der Waals surface area (Å²) in [6, 6.07) is 15.7. The maximum atomic E-state index is 12.5. The summed E-state index contributed by atoms with van der Waals surface area (Å²) in [6.07, 6.45) is 6.49. The molecule has 0 atom stereocenters. The molecule has 0 spiro atoms. The fraction of sp³-hybridized carbons (Fsp3) is 0.200. The Morgan fingerprint density at radius 2 is 1.84 bits per heavy atom. The van der Waals surface area contributed by atoms with Crippen molar-refractivity contribution in [2.45, 2.75) is 0 Å². The summed E-state index contributed by atoms with van der Waals surface area (Å²) in [6.45, 7) is 2.73. The number of carbonyl (C=O) groups is 1. The first-order valence-corrected chi connectivity index (χ1v) is 8.19. The Balaban J connectivity index is 1.60. The van der Waals surface area contributed by atoms with Crippen molar-refractivity contribution in [3.05, 3.63) is 72.2 Å². The summed E-state index contributed by atoms with van der Waals surface area (Å²) in [5.41, 5.74) is 1.29. The van der Waals surface area contributed by atoms with Gasteiger partial charge in [-0.2, -0.15) is 5.26 Å². The van der Waals surface area contributed by atoms with Crippen LogP contribution in [0.2, 0.25) is 0 Å². The van der Waals surface area contributed by atoms with Crippen molar-refractivity contribution < 1.29 is 9.21 Å². The number of carbonyl (C=O) groups excluding carboxylic acids is 1. The first-order valence-electron chi connectivity index (χ1n) is 8.19. The van der Waals surface area contributed by atoms with Gasteiger partial charge in [0, 0.05) is 31.9 Å². The van der Waals surface area contributed by atoms with Crippen LogP contribution >= 0.6 is 0 Å². The number of nitrogens with zero attached hydrogens (tertiary/aromatic N) is 3. The second-order valence-electron chi connectivity index (χ2n) is 5.68. The van der Waals surface area contributed by atoms with Crippen molar-refractivity contribution in [1.29, 1.82) is 5.26 Å². The van der Waals surface area contributed by atoms with E-state index < -0.39 is 0 Å². The van der Waals surface area contributed by atoms with Gasteiger partial charge in [-0.3, -0.25) is 4.79 Å². The molecule has 1 aromatic heterocycles. The van der Waals surface area contributed by atoms with E-state index in [0.29, 0.717) is 18.8 Å². The van der Waals surface area contributed by atoms with Gasteiger partial charge in [0.15, 0.2) is 0 Å². The topological polar surface area (TPSA) is 60.5 Å². The van der Waals surface area contributed by atoms with Gasteiger partial charge in [0.25, 0.3) is 5.91 Å². The number of amides is 1. The van der Waals surface area contributed by atoms with Gasteiger partial charge in [-0.25, -0.2) is 0 Å². The predicted octanol–water partition coefficient (Wildman–Crippen LogP) is 3.09. The molecule has 1 amide bonds. The van der Waals surface area contributed by atoms with Gasteiger partial charge in [-0.15, -0.1) is 0 Å². The van der Waals surface area contributed by atoms with E-state index >= 15 is 0 Å². The van der Waals surface area contributed by atoms with Crippen LogP contribution in [0.3, 0.4) is 0 Å². The molecule has 0 radical (unpaired) electrons. The van der Waals surface area contributed by atoms with Gasteiger partial charge in [0.05, 0.1) is 6.26 Å². The molecular formula is C20H19N3O2. The minimum Gasteiger partial charge on any atom is -0.465 e. The molecule has 5 nitrogen and oxygen atoms in total. The third-order valence-corrected chi connectivity index (χ3v) is 4.11. The molecule has 0 N–H and O–H groups in total. The minimum atomic E-state index is -0.223. The Morgan fingerprint density at radius 1 is 1.08 bits per heavy atom. The summed E-state index contributed by atoms with van der Waals surface area (Å²) in [7, 11) is 0. The largest absolute Gasteiger partial charge is 0.465 e. The highest BCUT2D eigenvalue weighted by atomic mass is 16.3. The summed E-state index contributed by atoms with van der Waals surface area (Å²) in [5.74, 6) is 0.455. The lowest BCUT2D eigenvalue weighted by atomic mass is 10.2. The minimum absolute atomic E-state index is 0.135. The van der Waals surface area contributed by atoms with Crippen molar-refractivity contribution in [3.63, 3.8) is 0 Å². The van der Waals surface area contributed by atoms with E-state index in [1.165, 1.54) is 6.08 Å². The van der Waals surface area contributed by atoms with Crippen LogP contribution in [-0.2, 0) is 4.79 Å². The van der Waals surface area contributed by atoms with Crippen molar-refractivity contribution in [2.75, 3.05) is 31.1 Å². The number of nitriles is 1. The Hall–Kier alpha value is -3.26. The van der Waals surface area contributed by atoms with Crippen LogP contribution in [0.15, 0.2) is 70.9 Å². The van der Waals surface area contributed by atoms with Gasteiger partial charge in [0.1, 0.15) is 17.4 Å². The van der Waals surface area contributed by atoms with E-state index in [0.717, 1.165) is 18.8 Å². The molecular weight excluding hydrogens is 314 g/mol. The van der Waals surface area contributed by atoms with E-state index in [1.54, 1.807) is 35.4 Å². The van der Waals surface area contributed by atoms with E-state index in [-0.39, 0.29) is 11.5 Å².